The minimum Gasteiger partial charge on any atom is -0.217 e. The number of hydrogen-bond donors (Lipinski definition) is 0. The number of hydrogen-bond acceptors (Lipinski definition) is 5. The fourth-order valence-corrected chi connectivity index (χ4v) is 1.61. The second-order valence-corrected chi connectivity index (χ2v) is 3.37. The number of aromatic nitrogens is 5. The Morgan fingerprint density at radius 1 is 1.24 bits per heavy atom. The summed E-state index contributed by atoms with van der Waals surface area (Å²) in [5.41, 5.74) is 1.53. The highest BCUT2D eigenvalue weighted by Crippen LogP contribution is 2.17. The lowest BCUT2D eigenvalue weighted by molar-refractivity contribution is 0.865. The largest absolute Gasteiger partial charge is 0.252 e. The van der Waals surface area contributed by atoms with Crippen LogP contribution < -0.4 is 0 Å². The normalized spacial score (nSPS) is 10.3. The van der Waals surface area contributed by atoms with E-state index in [4.69, 9.17) is 5.26 Å². The van der Waals surface area contributed by atoms with Gasteiger partial charge in [0.05, 0.1) is 17.4 Å². The first-order valence-corrected chi connectivity index (χ1v) is 4.91. The predicted octanol–water partition coefficient (Wildman–Crippen LogP) is 1.08. The summed E-state index contributed by atoms with van der Waals surface area (Å²) in [5, 5.41) is 21.6. The van der Waals surface area contributed by atoms with Crippen molar-refractivity contribution < 1.29 is 0 Å². The molecule has 0 aliphatic rings. The Morgan fingerprint density at radius 3 is 2.94 bits per heavy atom. The second-order valence-electron chi connectivity index (χ2n) is 3.37. The van der Waals surface area contributed by atoms with Gasteiger partial charge in [0.15, 0.2) is 0 Å². The smallest absolute Gasteiger partial charge is 0.217 e. The zero-order valence-electron chi connectivity index (χ0n) is 8.65. The summed E-state index contributed by atoms with van der Waals surface area (Å²) in [7, 11) is 0. The summed E-state index contributed by atoms with van der Waals surface area (Å²) >= 11 is 0. The fraction of sp³-hybridized carbons (Fsp3) is 0. The van der Waals surface area contributed by atoms with Crippen LogP contribution in [-0.4, -0.2) is 25.0 Å². The van der Waals surface area contributed by atoms with Gasteiger partial charge in [-0.25, -0.2) is 9.67 Å². The molecule has 3 aromatic rings. The van der Waals surface area contributed by atoms with E-state index in [1.54, 1.807) is 6.20 Å². The molecule has 6 heteroatoms. The number of rotatable bonds is 1. The van der Waals surface area contributed by atoms with Gasteiger partial charge in [-0.3, -0.25) is 0 Å². The van der Waals surface area contributed by atoms with Gasteiger partial charge >= 0.3 is 0 Å². The zero-order chi connectivity index (χ0) is 11.7. The summed E-state index contributed by atoms with van der Waals surface area (Å²) in [4.78, 5) is 3.86. The van der Waals surface area contributed by atoms with Crippen LogP contribution in [0.4, 0.5) is 0 Å². The average Bonchev–Trinajstić information content (AvgIpc) is 2.87. The van der Waals surface area contributed by atoms with E-state index in [0.717, 1.165) is 16.6 Å². The molecule has 0 aliphatic heterocycles. The van der Waals surface area contributed by atoms with E-state index in [-0.39, 0.29) is 5.82 Å². The van der Waals surface area contributed by atoms with Gasteiger partial charge in [-0.15, -0.1) is 5.10 Å². The molecule has 0 atom stereocenters. The topological polar surface area (TPSA) is 80.3 Å². The van der Waals surface area contributed by atoms with E-state index in [9.17, 15) is 0 Å². The molecule has 2 heterocycles. The van der Waals surface area contributed by atoms with Crippen molar-refractivity contribution in [3.8, 4) is 11.8 Å². The number of nitrogens with zero attached hydrogens (tertiary/aromatic N) is 6. The molecule has 80 valence electrons. The van der Waals surface area contributed by atoms with Crippen molar-refractivity contribution in [1.82, 2.24) is 25.0 Å². The molecule has 3 rings (SSSR count). The quantitative estimate of drug-likeness (QED) is 0.615. The fourth-order valence-electron chi connectivity index (χ4n) is 1.61. The zero-order valence-corrected chi connectivity index (χ0v) is 8.65. The Hall–Kier alpha value is -2.81. The van der Waals surface area contributed by atoms with E-state index in [1.165, 1.54) is 11.0 Å². The number of nitriles is 1. The molecular formula is C11H6N6. The molecule has 0 amide bonds. The van der Waals surface area contributed by atoms with Crippen LogP contribution in [0, 0.1) is 11.3 Å². The van der Waals surface area contributed by atoms with Gasteiger partial charge in [0.2, 0.25) is 0 Å². The van der Waals surface area contributed by atoms with Crippen molar-refractivity contribution in [1.29, 1.82) is 5.26 Å². The van der Waals surface area contributed by atoms with Crippen LogP contribution in [0.15, 0.2) is 36.8 Å². The van der Waals surface area contributed by atoms with Crippen LogP contribution >= 0.6 is 0 Å². The van der Waals surface area contributed by atoms with Crippen molar-refractivity contribution in [3.05, 3.63) is 42.6 Å². The molecule has 0 saturated carbocycles. The first kappa shape index (κ1) is 9.42. The maximum absolute atomic E-state index is 8.69. The molecule has 0 radical (unpaired) electrons. The molecule has 0 bridgehead atoms. The molecular weight excluding hydrogens is 216 g/mol. The Morgan fingerprint density at radius 2 is 2.12 bits per heavy atom. The standard InChI is InChI=1S/C11H6N6/c12-5-11-13-7-17(16-11)10-6-14-15-9-4-2-1-3-8(9)10/h1-4,6-7H. The third kappa shape index (κ3) is 1.50. The third-order valence-electron chi connectivity index (χ3n) is 2.36. The van der Waals surface area contributed by atoms with E-state index in [0.29, 0.717) is 0 Å². The van der Waals surface area contributed by atoms with Gasteiger partial charge in [-0.05, 0) is 6.07 Å². The molecule has 0 aliphatic carbocycles. The number of benzene rings is 1. The van der Waals surface area contributed by atoms with E-state index in [1.807, 2.05) is 30.3 Å². The lowest BCUT2D eigenvalue weighted by Gasteiger charge is -2.03. The van der Waals surface area contributed by atoms with Crippen LogP contribution in [0.5, 0.6) is 0 Å². The third-order valence-corrected chi connectivity index (χ3v) is 2.36. The summed E-state index contributed by atoms with van der Waals surface area (Å²) in [6.45, 7) is 0. The Bertz CT molecular complexity index is 719. The van der Waals surface area contributed by atoms with E-state index in [2.05, 4.69) is 20.3 Å². The lowest BCUT2D eigenvalue weighted by atomic mass is 10.2. The Labute approximate surface area is 96.2 Å². The molecule has 1 aromatic carbocycles. The van der Waals surface area contributed by atoms with Crippen LogP contribution in [-0.2, 0) is 0 Å². The van der Waals surface area contributed by atoms with Crippen LogP contribution in [0.2, 0.25) is 0 Å². The first-order valence-electron chi connectivity index (χ1n) is 4.91. The molecule has 17 heavy (non-hydrogen) atoms. The summed E-state index contributed by atoms with van der Waals surface area (Å²) in [6.07, 6.45) is 3.08. The van der Waals surface area contributed by atoms with Crippen LogP contribution in [0.3, 0.4) is 0 Å². The van der Waals surface area contributed by atoms with Gasteiger partial charge in [0.25, 0.3) is 5.82 Å². The van der Waals surface area contributed by atoms with Gasteiger partial charge in [-0.1, -0.05) is 18.2 Å². The molecule has 0 saturated heterocycles. The molecule has 0 spiro atoms. The van der Waals surface area contributed by atoms with Crippen molar-refractivity contribution in [2.24, 2.45) is 0 Å². The van der Waals surface area contributed by atoms with Crippen LogP contribution in [0.1, 0.15) is 5.82 Å². The Kier molecular flexibility index (Phi) is 2.02. The minimum absolute atomic E-state index is 0.130. The lowest BCUT2D eigenvalue weighted by Crippen LogP contribution is -1.98. The molecule has 0 N–H and O–H groups in total. The molecule has 0 fully saturated rings. The molecule has 2 aromatic heterocycles. The Balaban J connectivity index is 2.27. The maximum atomic E-state index is 8.69. The van der Waals surface area contributed by atoms with Crippen molar-refractivity contribution in [2.45, 2.75) is 0 Å². The van der Waals surface area contributed by atoms with Gasteiger partial charge in [0, 0.05) is 5.39 Å². The first-order chi connectivity index (χ1) is 8.38. The van der Waals surface area contributed by atoms with Crippen LogP contribution in [0.25, 0.3) is 16.6 Å². The second kappa shape index (κ2) is 3.64. The molecule has 6 nitrogen and oxygen atoms in total. The number of fused-ring (bicyclic) bond motifs is 1. The summed E-state index contributed by atoms with van der Waals surface area (Å²) in [5.74, 6) is 0.130. The van der Waals surface area contributed by atoms with Crippen molar-refractivity contribution in [3.63, 3.8) is 0 Å². The van der Waals surface area contributed by atoms with Gasteiger partial charge < -0.3 is 0 Å². The average molecular weight is 222 g/mol. The molecule has 0 unspecified atom stereocenters. The maximum Gasteiger partial charge on any atom is 0.252 e. The summed E-state index contributed by atoms with van der Waals surface area (Å²) < 4.78 is 1.52. The van der Waals surface area contributed by atoms with Crippen molar-refractivity contribution >= 4 is 10.9 Å². The highest BCUT2D eigenvalue weighted by molar-refractivity contribution is 5.85. The highest BCUT2D eigenvalue weighted by Gasteiger charge is 2.06. The van der Waals surface area contributed by atoms with E-state index >= 15 is 0 Å². The van der Waals surface area contributed by atoms with Gasteiger partial charge in [-0.2, -0.15) is 15.5 Å². The highest BCUT2D eigenvalue weighted by atomic mass is 15.3. The summed E-state index contributed by atoms with van der Waals surface area (Å²) in [6, 6.07) is 9.48. The van der Waals surface area contributed by atoms with Crippen molar-refractivity contribution in [2.75, 3.05) is 0 Å². The van der Waals surface area contributed by atoms with E-state index < -0.39 is 0 Å². The monoisotopic (exact) mass is 222 g/mol. The van der Waals surface area contributed by atoms with Gasteiger partial charge in [0.1, 0.15) is 12.4 Å². The SMILES string of the molecule is N#Cc1ncn(-c2cnnc3ccccc23)n1. The minimum atomic E-state index is 0.130. The predicted molar refractivity (Wildman–Crippen MR) is 59.2 cm³/mol.